The fourth-order valence-corrected chi connectivity index (χ4v) is 3.35. The number of hydrogen-bond acceptors (Lipinski definition) is 5. The van der Waals surface area contributed by atoms with Crippen molar-refractivity contribution in [2.75, 3.05) is 7.11 Å². The summed E-state index contributed by atoms with van der Waals surface area (Å²) in [6.07, 6.45) is 1.78. The third-order valence-corrected chi connectivity index (χ3v) is 4.64. The average molecular weight is 353 g/mol. The van der Waals surface area contributed by atoms with Crippen molar-refractivity contribution >= 4 is 22.4 Å². The summed E-state index contributed by atoms with van der Waals surface area (Å²) in [5.41, 5.74) is 1.29. The van der Waals surface area contributed by atoms with E-state index in [9.17, 15) is 9.18 Å². The van der Waals surface area contributed by atoms with Crippen LogP contribution in [-0.2, 0) is 0 Å². The molecule has 0 unspecified atom stereocenters. The van der Waals surface area contributed by atoms with Gasteiger partial charge in [0.05, 0.1) is 11.6 Å². The van der Waals surface area contributed by atoms with E-state index < -0.39 is 0 Å². The van der Waals surface area contributed by atoms with Crippen molar-refractivity contribution in [1.82, 2.24) is 14.6 Å². The van der Waals surface area contributed by atoms with Crippen LogP contribution in [0.15, 0.2) is 53.3 Å². The number of nitrogens with zero attached hydrogens (tertiary/aromatic N) is 3. The molecule has 0 N–H and O–H groups in total. The fourth-order valence-electron chi connectivity index (χ4n) is 2.44. The molecule has 0 spiro atoms. The van der Waals surface area contributed by atoms with Crippen molar-refractivity contribution in [2.24, 2.45) is 0 Å². The molecule has 124 valence electrons. The molecule has 0 aliphatic carbocycles. The molecule has 4 aromatic rings. The zero-order valence-electron chi connectivity index (χ0n) is 13.1. The predicted molar refractivity (Wildman–Crippen MR) is 94.3 cm³/mol. The summed E-state index contributed by atoms with van der Waals surface area (Å²) in [7, 11) is 1.60. The van der Waals surface area contributed by atoms with Crippen molar-refractivity contribution in [3.05, 3.63) is 74.8 Å². The van der Waals surface area contributed by atoms with Gasteiger partial charge >= 0.3 is 0 Å². The van der Waals surface area contributed by atoms with Gasteiger partial charge in [0.2, 0.25) is 4.96 Å². The molecule has 4 rings (SSSR count). The molecule has 0 atom stereocenters. The number of methoxy groups -OCH3 is 1. The Labute approximate surface area is 145 Å². The molecule has 7 heteroatoms. The van der Waals surface area contributed by atoms with Gasteiger partial charge in [0.1, 0.15) is 11.6 Å². The third kappa shape index (κ3) is 2.89. The molecule has 0 saturated heterocycles. The summed E-state index contributed by atoms with van der Waals surface area (Å²) in [6.45, 7) is 0. The van der Waals surface area contributed by atoms with Crippen LogP contribution in [0, 0.1) is 5.82 Å². The van der Waals surface area contributed by atoms with Gasteiger partial charge in [0.15, 0.2) is 5.82 Å². The van der Waals surface area contributed by atoms with Crippen LogP contribution >= 0.6 is 11.3 Å². The summed E-state index contributed by atoms with van der Waals surface area (Å²) < 4.78 is 20.0. The molecule has 0 fully saturated rings. The van der Waals surface area contributed by atoms with E-state index in [4.69, 9.17) is 4.74 Å². The van der Waals surface area contributed by atoms with Crippen LogP contribution in [0.4, 0.5) is 4.39 Å². The van der Waals surface area contributed by atoms with Gasteiger partial charge in [0, 0.05) is 5.56 Å². The molecule has 0 radical (unpaired) electrons. The van der Waals surface area contributed by atoms with Crippen molar-refractivity contribution in [3.8, 4) is 17.1 Å². The van der Waals surface area contributed by atoms with Crippen molar-refractivity contribution in [3.63, 3.8) is 0 Å². The molecule has 0 aliphatic heterocycles. The van der Waals surface area contributed by atoms with Crippen LogP contribution in [0.2, 0.25) is 0 Å². The molecule has 25 heavy (non-hydrogen) atoms. The second-order valence-corrected chi connectivity index (χ2v) is 6.34. The van der Waals surface area contributed by atoms with Gasteiger partial charge in [-0.3, -0.25) is 4.79 Å². The Bertz CT molecular complexity index is 1170. The topological polar surface area (TPSA) is 56.5 Å². The Morgan fingerprint density at radius 2 is 2.00 bits per heavy atom. The van der Waals surface area contributed by atoms with Crippen LogP contribution in [0.1, 0.15) is 5.56 Å². The van der Waals surface area contributed by atoms with Crippen molar-refractivity contribution in [1.29, 1.82) is 0 Å². The Balaban J connectivity index is 1.79. The van der Waals surface area contributed by atoms with Crippen molar-refractivity contribution < 1.29 is 9.13 Å². The van der Waals surface area contributed by atoms with E-state index in [1.165, 1.54) is 28.0 Å². The molecule has 0 saturated carbocycles. The SMILES string of the molecule is COc1cccc(/C=c2/sc3nc(-c4ccc(F)cc4)nn3c2=O)c1. The lowest BCUT2D eigenvalue weighted by Crippen LogP contribution is -2.23. The van der Waals surface area contributed by atoms with E-state index in [1.54, 1.807) is 25.3 Å². The summed E-state index contributed by atoms with van der Waals surface area (Å²) >= 11 is 1.26. The van der Waals surface area contributed by atoms with Crippen LogP contribution < -0.4 is 14.8 Å². The molecule has 2 aromatic carbocycles. The van der Waals surface area contributed by atoms with Gasteiger partial charge in [-0.15, -0.1) is 5.10 Å². The first-order valence-corrected chi connectivity index (χ1v) is 8.27. The number of thiazole rings is 1. The summed E-state index contributed by atoms with van der Waals surface area (Å²) in [5, 5.41) is 4.24. The van der Waals surface area contributed by atoms with Gasteiger partial charge in [-0.1, -0.05) is 23.5 Å². The van der Waals surface area contributed by atoms with E-state index in [0.29, 0.717) is 20.9 Å². The Hall–Kier alpha value is -3.06. The second kappa shape index (κ2) is 6.10. The molecular weight excluding hydrogens is 341 g/mol. The predicted octanol–water partition coefficient (Wildman–Crippen LogP) is 2.51. The van der Waals surface area contributed by atoms with Gasteiger partial charge in [-0.2, -0.15) is 9.50 Å². The van der Waals surface area contributed by atoms with Gasteiger partial charge in [-0.05, 0) is 48.0 Å². The maximum Gasteiger partial charge on any atom is 0.291 e. The number of fused-ring (bicyclic) bond motifs is 1. The summed E-state index contributed by atoms with van der Waals surface area (Å²) in [4.78, 5) is 17.4. The van der Waals surface area contributed by atoms with E-state index in [-0.39, 0.29) is 11.4 Å². The maximum atomic E-state index is 13.0. The standard InChI is InChI=1S/C18H12FN3O2S/c1-24-14-4-2-3-11(9-14)10-15-17(23)22-18(25-15)20-16(21-22)12-5-7-13(19)8-6-12/h2-10H,1H3/b15-10+. The first-order chi connectivity index (χ1) is 12.1. The zero-order valence-corrected chi connectivity index (χ0v) is 14.0. The van der Waals surface area contributed by atoms with E-state index in [2.05, 4.69) is 10.1 Å². The number of ether oxygens (including phenoxy) is 1. The zero-order chi connectivity index (χ0) is 17.4. The maximum absolute atomic E-state index is 13.0. The molecule has 0 amide bonds. The van der Waals surface area contributed by atoms with Gasteiger partial charge in [-0.25, -0.2) is 4.39 Å². The highest BCUT2D eigenvalue weighted by Gasteiger charge is 2.12. The lowest BCUT2D eigenvalue weighted by Gasteiger charge is -1.99. The molecule has 5 nitrogen and oxygen atoms in total. The lowest BCUT2D eigenvalue weighted by atomic mass is 10.2. The second-order valence-electron chi connectivity index (χ2n) is 5.33. The Morgan fingerprint density at radius 1 is 1.20 bits per heavy atom. The summed E-state index contributed by atoms with van der Waals surface area (Å²) in [5.74, 6) is 0.792. The molecule has 2 aromatic heterocycles. The van der Waals surface area contributed by atoms with E-state index in [1.807, 2.05) is 24.3 Å². The van der Waals surface area contributed by atoms with Crippen LogP contribution in [0.25, 0.3) is 22.4 Å². The minimum Gasteiger partial charge on any atom is -0.497 e. The largest absolute Gasteiger partial charge is 0.497 e. The van der Waals surface area contributed by atoms with Crippen LogP contribution in [0.5, 0.6) is 5.75 Å². The highest BCUT2D eigenvalue weighted by molar-refractivity contribution is 7.15. The number of rotatable bonds is 3. The first-order valence-electron chi connectivity index (χ1n) is 7.45. The van der Waals surface area contributed by atoms with Crippen LogP contribution in [0.3, 0.4) is 0 Å². The number of aromatic nitrogens is 3. The van der Waals surface area contributed by atoms with Gasteiger partial charge < -0.3 is 4.74 Å². The molecular formula is C18H12FN3O2S. The van der Waals surface area contributed by atoms with E-state index >= 15 is 0 Å². The Morgan fingerprint density at radius 3 is 2.72 bits per heavy atom. The van der Waals surface area contributed by atoms with E-state index in [0.717, 1.165) is 11.3 Å². The Kier molecular flexibility index (Phi) is 3.77. The molecule has 0 aliphatic rings. The lowest BCUT2D eigenvalue weighted by molar-refractivity contribution is 0.414. The van der Waals surface area contributed by atoms with Gasteiger partial charge in [0.25, 0.3) is 5.56 Å². The average Bonchev–Trinajstić information content (AvgIpc) is 3.16. The number of halogens is 1. The normalized spacial score (nSPS) is 12.0. The minimum atomic E-state index is -0.329. The van der Waals surface area contributed by atoms with Crippen LogP contribution in [-0.4, -0.2) is 21.7 Å². The smallest absolute Gasteiger partial charge is 0.291 e. The minimum absolute atomic E-state index is 0.233. The monoisotopic (exact) mass is 353 g/mol. The third-order valence-electron chi connectivity index (χ3n) is 3.68. The fraction of sp³-hybridized carbons (Fsp3) is 0.0556. The molecule has 0 bridgehead atoms. The number of hydrogen-bond donors (Lipinski definition) is 0. The quantitative estimate of drug-likeness (QED) is 0.568. The van der Waals surface area contributed by atoms with Crippen molar-refractivity contribution in [2.45, 2.75) is 0 Å². The number of benzene rings is 2. The summed E-state index contributed by atoms with van der Waals surface area (Å²) in [6, 6.07) is 13.3. The first kappa shape index (κ1) is 15.5. The highest BCUT2D eigenvalue weighted by Crippen LogP contribution is 2.17. The molecule has 2 heterocycles. The highest BCUT2D eigenvalue weighted by atomic mass is 32.1.